The first kappa shape index (κ1) is 33.2. The number of rotatable bonds is 0. The summed E-state index contributed by atoms with van der Waals surface area (Å²) in [6.07, 6.45) is -1.83. The molecule has 0 atom stereocenters. The van der Waals surface area contributed by atoms with Crippen molar-refractivity contribution in [3.05, 3.63) is 0 Å². The first-order valence-electron chi connectivity index (χ1n) is 0.651. The molecule has 7 heteroatoms. The van der Waals surface area contributed by atoms with Crippen molar-refractivity contribution < 1.29 is 15.0 Å². The second kappa shape index (κ2) is 23.3. The third-order valence-corrected chi connectivity index (χ3v) is 0. The van der Waals surface area contributed by atoms with Gasteiger partial charge in [-0.25, -0.2) is 4.79 Å². The van der Waals surface area contributed by atoms with Crippen LogP contribution in [-0.2, 0) is 0 Å². The van der Waals surface area contributed by atoms with Crippen LogP contribution in [0.1, 0.15) is 0 Å². The zero-order chi connectivity index (χ0) is 3.58. The van der Waals surface area contributed by atoms with Crippen molar-refractivity contribution in [3.63, 3.8) is 0 Å². The second-order valence-electron chi connectivity index (χ2n) is 0.283. The van der Waals surface area contributed by atoms with Gasteiger partial charge in [0.2, 0.25) is 0 Å². The van der Waals surface area contributed by atoms with E-state index in [1.54, 1.807) is 0 Å². The van der Waals surface area contributed by atoms with E-state index in [1.165, 1.54) is 0 Å². The summed E-state index contributed by atoms with van der Waals surface area (Å²) in [6, 6.07) is 0. The Kier molecular flexibility index (Phi) is 96.9. The molecule has 0 aliphatic carbocycles. The molecule has 0 heterocycles. The van der Waals surface area contributed by atoms with Crippen molar-refractivity contribution in [3.8, 4) is 0 Å². The molecule has 3 nitrogen and oxygen atoms in total. The molecule has 50 valence electrons. The fraction of sp³-hybridized carbons (Fsp3) is 0. The van der Waals surface area contributed by atoms with Gasteiger partial charge in [-0.15, -0.1) is 50.9 Å². The fourth-order valence-corrected chi connectivity index (χ4v) is 0. The molecule has 2 N–H and O–H groups in total. The third kappa shape index (κ3) is 119. The molecule has 0 aromatic heterocycles. The maximum atomic E-state index is 8.56. The first-order chi connectivity index (χ1) is 1.73. The number of carbonyl (C=O) groups is 1. The maximum absolute atomic E-state index is 8.56. The summed E-state index contributed by atoms with van der Waals surface area (Å²) in [4.78, 5) is 8.56. The van der Waals surface area contributed by atoms with E-state index in [2.05, 4.69) is 0 Å². The predicted octanol–water partition coefficient (Wildman–Crippen LogP) is 1.31. The van der Waals surface area contributed by atoms with Crippen molar-refractivity contribution in [1.29, 1.82) is 0 Å². The van der Waals surface area contributed by atoms with Gasteiger partial charge < -0.3 is 10.2 Å². The zero-order valence-corrected chi connectivity index (χ0v) is 8.17. The van der Waals surface area contributed by atoms with Gasteiger partial charge in [0.1, 0.15) is 0 Å². The summed E-state index contributed by atoms with van der Waals surface area (Å²) in [6.45, 7) is 0. The van der Waals surface area contributed by atoms with E-state index in [-0.39, 0.29) is 80.5 Å². The van der Waals surface area contributed by atoms with Crippen molar-refractivity contribution >= 4 is 86.7 Å². The van der Waals surface area contributed by atoms with Crippen molar-refractivity contribution in [1.82, 2.24) is 0 Å². The average molecular weight is 329 g/mol. The van der Waals surface area contributed by atoms with Gasteiger partial charge in [0.15, 0.2) is 0 Å². The molecule has 0 aliphatic rings. The average Bonchev–Trinajstić information content (AvgIpc) is 0.811. The molecular formula is CH6Br3NaO3. The molecule has 0 unspecified atom stereocenters. The zero-order valence-electron chi connectivity index (χ0n) is 3.03. The van der Waals surface area contributed by atoms with Crippen LogP contribution in [0.2, 0.25) is 0 Å². The van der Waals surface area contributed by atoms with Crippen LogP contribution < -0.4 is 0 Å². The van der Waals surface area contributed by atoms with Gasteiger partial charge in [-0.3, -0.25) is 0 Å². The molecule has 0 spiro atoms. The van der Waals surface area contributed by atoms with Crippen LogP contribution in [0.5, 0.6) is 0 Å². The monoisotopic (exact) mass is 326 g/mol. The Balaban J connectivity index is -0.00000000750. The standard InChI is InChI=1S/CH2O3.3BrH.Na.H/c2-1(3)4;;;;;/h(H2,2,3,4);3*1H;;. The van der Waals surface area contributed by atoms with Gasteiger partial charge >= 0.3 is 35.7 Å². The minimum atomic E-state index is -1.83. The SMILES string of the molecule is Br.Br.Br.O=C(O)O.[NaH]. The van der Waals surface area contributed by atoms with E-state index in [9.17, 15) is 0 Å². The molecule has 0 radical (unpaired) electrons. The van der Waals surface area contributed by atoms with Gasteiger partial charge in [-0.1, -0.05) is 0 Å². The van der Waals surface area contributed by atoms with Crippen LogP contribution in [0, 0.1) is 0 Å². The predicted molar refractivity (Wildman–Crippen MR) is 48.8 cm³/mol. The molecule has 0 fully saturated rings. The van der Waals surface area contributed by atoms with Crippen molar-refractivity contribution in [2.45, 2.75) is 0 Å². The Labute approximate surface area is 100 Å². The van der Waals surface area contributed by atoms with Crippen LogP contribution in [0.25, 0.3) is 0 Å². The molecule has 0 aromatic rings. The quantitative estimate of drug-likeness (QED) is 0.659. The number of carboxylic acid groups (broad SMARTS) is 2. The van der Waals surface area contributed by atoms with E-state index in [0.717, 1.165) is 0 Å². The topological polar surface area (TPSA) is 57.5 Å². The van der Waals surface area contributed by atoms with Gasteiger partial charge in [0, 0.05) is 0 Å². The molecule has 0 rings (SSSR count). The molecule has 0 saturated heterocycles. The first-order valence-corrected chi connectivity index (χ1v) is 0.651. The molecule has 0 bridgehead atoms. The van der Waals surface area contributed by atoms with Gasteiger partial charge in [-0.2, -0.15) is 0 Å². The van der Waals surface area contributed by atoms with Crippen molar-refractivity contribution in [2.24, 2.45) is 0 Å². The van der Waals surface area contributed by atoms with E-state index < -0.39 is 6.16 Å². The van der Waals surface area contributed by atoms with E-state index >= 15 is 0 Å². The van der Waals surface area contributed by atoms with Crippen LogP contribution in [0.15, 0.2) is 0 Å². The Morgan fingerprint density at radius 2 is 1.00 bits per heavy atom. The van der Waals surface area contributed by atoms with Crippen molar-refractivity contribution in [2.75, 3.05) is 0 Å². The summed E-state index contributed by atoms with van der Waals surface area (Å²) in [5.41, 5.74) is 0. The summed E-state index contributed by atoms with van der Waals surface area (Å²) in [7, 11) is 0. The molecule has 0 aromatic carbocycles. The number of halogens is 3. The summed E-state index contributed by atoms with van der Waals surface area (Å²) >= 11 is 0. The van der Waals surface area contributed by atoms with E-state index in [4.69, 9.17) is 15.0 Å². The third-order valence-electron chi connectivity index (χ3n) is 0. The summed E-state index contributed by atoms with van der Waals surface area (Å²) in [5, 5.41) is 13.9. The molecule has 0 amide bonds. The Morgan fingerprint density at radius 1 is 1.00 bits per heavy atom. The molecule has 0 aliphatic heterocycles. The molecular weight excluding hydrogens is 323 g/mol. The Hall–Kier alpha value is 1.71. The van der Waals surface area contributed by atoms with Crippen LogP contribution >= 0.6 is 50.9 Å². The normalized spacial score (nSPS) is 3.00. The van der Waals surface area contributed by atoms with Crippen LogP contribution in [0.4, 0.5) is 4.79 Å². The van der Waals surface area contributed by atoms with Crippen LogP contribution in [0.3, 0.4) is 0 Å². The van der Waals surface area contributed by atoms with Gasteiger partial charge in [-0.05, 0) is 0 Å². The van der Waals surface area contributed by atoms with E-state index in [0.29, 0.717) is 0 Å². The molecule has 0 saturated carbocycles. The van der Waals surface area contributed by atoms with Gasteiger partial charge in [0.25, 0.3) is 0 Å². The number of hydrogen-bond donors (Lipinski definition) is 2. The van der Waals surface area contributed by atoms with E-state index in [1.807, 2.05) is 0 Å². The summed E-state index contributed by atoms with van der Waals surface area (Å²) < 4.78 is 0. The van der Waals surface area contributed by atoms with Gasteiger partial charge in [0.05, 0.1) is 0 Å². The van der Waals surface area contributed by atoms with Crippen LogP contribution in [-0.4, -0.2) is 45.9 Å². The second-order valence-corrected chi connectivity index (χ2v) is 0.283. The Bertz CT molecular complexity index is 37.5. The minimum absolute atomic E-state index is 0. The number of hydrogen-bond acceptors (Lipinski definition) is 1. The molecule has 8 heavy (non-hydrogen) atoms. The summed E-state index contributed by atoms with van der Waals surface area (Å²) in [5.74, 6) is 0. The Morgan fingerprint density at radius 3 is 1.00 bits per heavy atom. The fourth-order valence-electron chi connectivity index (χ4n) is 0.